The van der Waals surface area contributed by atoms with Gasteiger partial charge in [-0.05, 0) is 44.5 Å². The van der Waals surface area contributed by atoms with Crippen LogP contribution in [0.5, 0.6) is 0 Å². The summed E-state index contributed by atoms with van der Waals surface area (Å²) in [6.07, 6.45) is 4.71. The normalized spacial score (nSPS) is 16.3. The van der Waals surface area contributed by atoms with E-state index in [1.807, 2.05) is 24.3 Å². The molecule has 1 aromatic carbocycles. The number of hydrogen-bond donors (Lipinski definition) is 2. The van der Waals surface area contributed by atoms with Crippen LogP contribution in [0.15, 0.2) is 24.3 Å². The van der Waals surface area contributed by atoms with Crippen molar-refractivity contribution in [2.24, 2.45) is 0 Å². The molecular formula is C21H34N3O2+. The molecule has 0 radical (unpaired) electrons. The highest BCUT2D eigenvalue weighted by Gasteiger charge is 2.22. The number of nitrogens with one attached hydrogen (secondary N) is 2. The lowest BCUT2D eigenvalue weighted by atomic mass is 10.1. The summed E-state index contributed by atoms with van der Waals surface area (Å²) in [4.78, 5) is 27.3. The summed E-state index contributed by atoms with van der Waals surface area (Å²) in [6, 6.07) is 8.10. The molecule has 0 aromatic heterocycles. The van der Waals surface area contributed by atoms with Crippen molar-refractivity contribution in [3.63, 3.8) is 0 Å². The van der Waals surface area contributed by atoms with E-state index in [4.69, 9.17) is 0 Å². The van der Waals surface area contributed by atoms with E-state index in [9.17, 15) is 9.59 Å². The highest BCUT2D eigenvalue weighted by Crippen LogP contribution is 2.15. The zero-order valence-electron chi connectivity index (χ0n) is 16.5. The van der Waals surface area contributed by atoms with Gasteiger partial charge in [-0.1, -0.05) is 26.2 Å². The van der Waals surface area contributed by atoms with Gasteiger partial charge in [0.15, 0.2) is 12.3 Å². The van der Waals surface area contributed by atoms with E-state index in [0.29, 0.717) is 6.54 Å². The van der Waals surface area contributed by atoms with E-state index in [-0.39, 0.29) is 17.7 Å². The lowest BCUT2D eigenvalue weighted by Gasteiger charge is -2.33. The topological polar surface area (TPSA) is 53.9 Å². The second-order valence-corrected chi connectivity index (χ2v) is 7.48. The predicted octanol–water partition coefficient (Wildman–Crippen LogP) is 1.68. The number of amides is 1. The molecule has 0 bridgehead atoms. The fourth-order valence-corrected chi connectivity index (χ4v) is 3.49. The van der Waals surface area contributed by atoms with E-state index < -0.39 is 0 Å². The highest BCUT2D eigenvalue weighted by molar-refractivity contribution is 5.94. The van der Waals surface area contributed by atoms with Gasteiger partial charge >= 0.3 is 0 Å². The quantitative estimate of drug-likeness (QED) is 0.520. The third-order valence-corrected chi connectivity index (χ3v) is 5.17. The van der Waals surface area contributed by atoms with Crippen molar-refractivity contribution in [1.29, 1.82) is 0 Å². The molecular weight excluding hydrogens is 326 g/mol. The van der Waals surface area contributed by atoms with Gasteiger partial charge in [0.2, 0.25) is 0 Å². The highest BCUT2D eigenvalue weighted by atomic mass is 16.2. The maximum atomic E-state index is 12.2. The number of piperazine rings is 1. The molecule has 1 amide bonds. The molecule has 1 atom stereocenters. The van der Waals surface area contributed by atoms with Gasteiger partial charge in [0.25, 0.3) is 5.91 Å². The number of nitrogens with zero attached hydrogens (tertiary/aromatic N) is 1. The minimum atomic E-state index is 0.0979. The minimum Gasteiger partial charge on any atom is -0.360 e. The van der Waals surface area contributed by atoms with E-state index >= 15 is 0 Å². The Balaban J connectivity index is 1.72. The maximum Gasteiger partial charge on any atom is 0.275 e. The molecule has 1 aliphatic rings. The van der Waals surface area contributed by atoms with Gasteiger partial charge in [-0.3, -0.25) is 9.59 Å². The lowest BCUT2D eigenvalue weighted by Crippen LogP contribution is -3.16. The number of rotatable bonds is 9. The van der Waals surface area contributed by atoms with Crippen molar-refractivity contribution in [3.05, 3.63) is 29.8 Å². The Bertz CT molecular complexity index is 577. The molecule has 1 aromatic rings. The van der Waals surface area contributed by atoms with Gasteiger partial charge in [0.05, 0.1) is 26.2 Å². The average Bonchev–Trinajstić information content (AvgIpc) is 2.62. The van der Waals surface area contributed by atoms with Crippen LogP contribution in [0.25, 0.3) is 0 Å². The standard InChI is InChI=1S/C21H33N3O2/c1-4-5-6-7-17(2)22-21(26)16-23-12-14-24(15-13-23)20-10-8-19(9-11-20)18(3)25/h8-11,17H,4-7,12-16H2,1-3H3,(H,22,26)/p+1/t17-/m1/s1. The Hall–Kier alpha value is -1.88. The van der Waals surface area contributed by atoms with Crippen LogP contribution < -0.4 is 15.1 Å². The van der Waals surface area contributed by atoms with E-state index in [2.05, 4.69) is 24.1 Å². The molecule has 1 fully saturated rings. The molecule has 144 valence electrons. The first-order chi connectivity index (χ1) is 12.5. The van der Waals surface area contributed by atoms with Gasteiger partial charge in [0, 0.05) is 17.3 Å². The SMILES string of the molecule is CCCCC[C@@H](C)NC(=O)C[NH+]1CCN(c2ccc(C(C)=O)cc2)CC1. The summed E-state index contributed by atoms with van der Waals surface area (Å²) >= 11 is 0. The van der Waals surface area contributed by atoms with Crippen LogP contribution in [-0.4, -0.2) is 50.5 Å². The third-order valence-electron chi connectivity index (χ3n) is 5.17. The summed E-state index contributed by atoms with van der Waals surface area (Å²) in [7, 11) is 0. The number of unbranched alkanes of at least 4 members (excludes halogenated alkanes) is 2. The van der Waals surface area contributed by atoms with E-state index in [0.717, 1.165) is 43.9 Å². The minimum absolute atomic E-state index is 0.0979. The number of anilines is 1. The van der Waals surface area contributed by atoms with Crippen LogP contribution in [-0.2, 0) is 4.79 Å². The van der Waals surface area contributed by atoms with Crippen LogP contribution >= 0.6 is 0 Å². The van der Waals surface area contributed by atoms with Crippen molar-refractivity contribution in [1.82, 2.24) is 5.32 Å². The summed E-state index contributed by atoms with van der Waals surface area (Å²) in [5.74, 6) is 0.268. The third kappa shape index (κ3) is 6.45. The summed E-state index contributed by atoms with van der Waals surface area (Å²) in [6.45, 7) is 10.3. The number of ketones is 1. The second-order valence-electron chi connectivity index (χ2n) is 7.48. The van der Waals surface area contributed by atoms with Gasteiger partial charge in [-0.25, -0.2) is 0 Å². The zero-order valence-corrected chi connectivity index (χ0v) is 16.5. The van der Waals surface area contributed by atoms with Gasteiger partial charge in [-0.2, -0.15) is 0 Å². The number of hydrogen-bond acceptors (Lipinski definition) is 3. The van der Waals surface area contributed by atoms with Crippen LogP contribution in [0, 0.1) is 0 Å². The van der Waals surface area contributed by atoms with Crippen molar-refractivity contribution in [2.45, 2.75) is 52.5 Å². The first-order valence-corrected chi connectivity index (χ1v) is 9.98. The summed E-state index contributed by atoms with van der Waals surface area (Å²) in [5, 5.41) is 3.14. The van der Waals surface area contributed by atoms with Gasteiger partial charge in [-0.15, -0.1) is 0 Å². The Morgan fingerprint density at radius 3 is 2.38 bits per heavy atom. The van der Waals surface area contributed by atoms with E-state index in [1.165, 1.54) is 24.2 Å². The van der Waals surface area contributed by atoms with Crippen molar-refractivity contribution < 1.29 is 14.5 Å². The molecule has 1 aliphatic heterocycles. The molecule has 2 N–H and O–H groups in total. The van der Waals surface area contributed by atoms with Crippen molar-refractivity contribution >= 4 is 17.4 Å². The Morgan fingerprint density at radius 1 is 1.15 bits per heavy atom. The van der Waals surface area contributed by atoms with Crippen molar-refractivity contribution in [2.75, 3.05) is 37.6 Å². The van der Waals surface area contributed by atoms with Gasteiger partial charge < -0.3 is 15.1 Å². The van der Waals surface area contributed by atoms with E-state index in [1.54, 1.807) is 6.92 Å². The average molecular weight is 361 g/mol. The smallest absolute Gasteiger partial charge is 0.275 e. The fraction of sp³-hybridized carbons (Fsp3) is 0.619. The predicted molar refractivity (Wildman–Crippen MR) is 106 cm³/mol. The van der Waals surface area contributed by atoms with Crippen LogP contribution in [0.2, 0.25) is 0 Å². The maximum absolute atomic E-state index is 12.2. The number of Topliss-reactive ketones (excluding diaryl/α,β-unsaturated/α-hetero) is 1. The monoisotopic (exact) mass is 360 g/mol. The first kappa shape index (κ1) is 20.4. The summed E-state index contributed by atoms with van der Waals surface area (Å²) < 4.78 is 0. The molecule has 1 heterocycles. The van der Waals surface area contributed by atoms with Crippen LogP contribution in [0.3, 0.4) is 0 Å². The Kier molecular flexibility index (Phi) is 8.10. The molecule has 5 heteroatoms. The van der Waals surface area contributed by atoms with Crippen LogP contribution in [0.1, 0.15) is 56.8 Å². The molecule has 0 saturated carbocycles. The molecule has 0 aliphatic carbocycles. The fourth-order valence-electron chi connectivity index (χ4n) is 3.49. The number of benzene rings is 1. The molecule has 0 spiro atoms. The van der Waals surface area contributed by atoms with Crippen molar-refractivity contribution in [3.8, 4) is 0 Å². The Morgan fingerprint density at radius 2 is 1.81 bits per heavy atom. The molecule has 0 unspecified atom stereocenters. The summed E-state index contributed by atoms with van der Waals surface area (Å²) in [5.41, 5.74) is 1.91. The molecule has 5 nitrogen and oxygen atoms in total. The molecule has 2 rings (SSSR count). The second kappa shape index (κ2) is 10.3. The lowest BCUT2D eigenvalue weighted by molar-refractivity contribution is -0.892. The largest absolute Gasteiger partial charge is 0.360 e. The van der Waals surface area contributed by atoms with Crippen LogP contribution in [0.4, 0.5) is 5.69 Å². The number of carbonyl (C=O) groups is 2. The number of quaternary nitrogens is 1. The van der Waals surface area contributed by atoms with Gasteiger partial charge in [0.1, 0.15) is 0 Å². The molecule has 26 heavy (non-hydrogen) atoms. The number of carbonyl (C=O) groups excluding carboxylic acids is 2. The first-order valence-electron chi connectivity index (χ1n) is 9.98. The zero-order chi connectivity index (χ0) is 18.9. The Labute approximate surface area is 157 Å². The molecule has 1 saturated heterocycles.